The van der Waals surface area contributed by atoms with Gasteiger partial charge >= 0.3 is 0 Å². The van der Waals surface area contributed by atoms with Gasteiger partial charge in [-0.25, -0.2) is 0 Å². The fourth-order valence-corrected chi connectivity index (χ4v) is 8.88. The smallest absolute Gasteiger partial charge is 0.137 e. The summed E-state index contributed by atoms with van der Waals surface area (Å²) in [6.45, 7) is 0. The zero-order valence-corrected chi connectivity index (χ0v) is 26.3. The molecule has 3 aromatic heterocycles. The minimum Gasteiger partial charge on any atom is -0.456 e. The number of furan rings is 1. The Morgan fingerprint density at radius 2 is 1.06 bits per heavy atom. The highest BCUT2D eigenvalue weighted by Crippen LogP contribution is 2.50. The quantitative estimate of drug-likeness (QED) is 0.188. The number of aromatic nitrogens is 2. The first-order valence-corrected chi connectivity index (χ1v) is 16.9. The van der Waals surface area contributed by atoms with Crippen molar-refractivity contribution >= 4 is 76.3 Å². The predicted molar refractivity (Wildman–Crippen MR) is 204 cm³/mol. The molecule has 3 nitrogen and oxygen atoms in total. The molecule has 0 spiro atoms. The van der Waals surface area contributed by atoms with Crippen molar-refractivity contribution in [3.8, 4) is 33.6 Å². The second-order valence-electron chi connectivity index (χ2n) is 13.3. The minimum absolute atomic E-state index is 0.899. The van der Waals surface area contributed by atoms with Gasteiger partial charge in [-0.15, -0.1) is 0 Å². The van der Waals surface area contributed by atoms with Crippen molar-refractivity contribution in [2.24, 2.45) is 0 Å². The average molecular weight is 623 g/mol. The third-order valence-corrected chi connectivity index (χ3v) is 10.8. The molecule has 0 atom stereocenters. The molecule has 12 rings (SSSR count). The van der Waals surface area contributed by atoms with E-state index in [2.05, 4.69) is 167 Å². The van der Waals surface area contributed by atoms with Crippen molar-refractivity contribution in [2.45, 2.75) is 0 Å². The van der Waals surface area contributed by atoms with Crippen molar-refractivity contribution in [3.63, 3.8) is 0 Å². The number of hydrogen-bond donors (Lipinski definition) is 0. The van der Waals surface area contributed by atoms with Crippen molar-refractivity contribution in [3.05, 3.63) is 158 Å². The van der Waals surface area contributed by atoms with E-state index in [1.807, 2.05) is 0 Å². The van der Waals surface area contributed by atoms with Crippen LogP contribution in [-0.4, -0.2) is 9.13 Å². The second-order valence-corrected chi connectivity index (χ2v) is 13.3. The molecule has 1 aliphatic carbocycles. The average Bonchev–Trinajstić information content (AvgIpc) is 3.89. The van der Waals surface area contributed by atoms with Gasteiger partial charge in [0.1, 0.15) is 11.2 Å². The lowest BCUT2D eigenvalue weighted by atomic mass is 10.0. The van der Waals surface area contributed by atoms with E-state index in [1.54, 1.807) is 0 Å². The van der Waals surface area contributed by atoms with Gasteiger partial charge in [0, 0.05) is 38.3 Å². The molecule has 8 aromatic carbocycles. The summed E-state index contributed by atoms with van der Waals surface area (Å²) in [5, 5.41) is 9.86. The third-order valence-electron chi connectivity index (χ3n) is 10.8. The van der Waals surface area contributed by atoms with E-state index in [-0.39, 0.29) is 0 Å². The summed E-state index contributed by atoms with van der Waals surface area (Å²) in [6, 6.07) is 57.5. The number of hydrogen-bond acceptors (Lipinski definition) is 1. The Labute approximate surface area is 280 Å². The van der Waals surface area contributed by atoms with Gasteiger partial charge < -0.3 is 13.6 Å². The van der Waals surface area contributed by atoms with Gasteiger partial charge in [-0.05, 0) is 87.6 Å². The van der Waals surface area contributed by atoms with Crippen LogP contribution in [0.5, 0.6) is 0 Å². The molecule has 0 unspecified atom stereocenters. The molecule has 0 radical (unpaired) electrons. The van der Waals surface area contributed by atoms with Crippen LogP contribution in [0.1, 0.15) is 0 Å². The maximum Gasteiger partial charge on any atom is 0.137 e. The fraction of sp³-hybridized carbons (Fsp3) is 0. The first-order chi connectivity index (χ1) is 24.3. The van der Waals surface area contributed by atoms with E-state index >= 15 is 0 Å². The van der Waals surface area contributed by atoms with Crippen molar-refractivity contribution in [1.29, 1.82) is 0 Å². The molecule has 0 fully saturated rings. The summed E-state index contributed by atoms with van der Waals surface area (Å²) in [6.07, 6.45) is 0. The Bertz CT molecular complexity index is 3200. The molecule has 11 aromatic rings. The fourth-order valence-electron chi connectivity index (χ4n) is 8.88. The van der Waals surface area contributed by atoms with Gasteiger partial charge in [0.2, 0.25) is 0 Å². The van der Waals surface area contributed by atoms with Crippen LogP contribution in [0.15, 0.2) is 162 Å². The van der Waals surface area contributed by atoms with Crippen LogP contribution >= 0.6 is 0 Å². The standard InChI is InChI=1S/C46H26N2O/c1-2-12-28(13-3-1)47-38-18-6-4-14-31(38)34-22-24-39-43(45(34)47)36-23-25-41-44(35-15-5-7-19-40(35)49-41)46(36)48(39)29-20-21-30-32-16-8-10-27-11-9-17-33(42(27)32)37(30)26-29/h1-26H. The molecule has 49 heavy (non-hydrogen) atoms. The van der Waals surface area contributed by atoms with E-state index in [0.29, 0.717) is 0 Å². The maximum atomic E-state index is 6.51. The largest absolute Gasteiger partial charge is 0.456 e. The van der Waals surface area contributed by atoms with Crippen LogP contribution < -0.4 is 0 Å². The summed E-state index contributed by atoms with van der Waals surface area (Å²) in [5.41, 5.74) is 14.1. The van der Waals surface area contributed by atoms with Crippen LogP contribution in [0.3, 0.4) is 0 Å². The number of fused-ring (bicyclic) bond motifs is 14. The Kier molecular flexibility index (Phi) is 4.72. The third kappa shape index (κ3) is 3.17. The van der Waals surface area contributed by atoms with Gasteiger partial charge in [-0.1, -0.05) is 103 Å². The van der Waals surface area contributed by atoms with E-state index in [4.69, 9.17) is 4.42 Å². The summed E-state index contributed by atoms with van der Waals surface area (Å²) >= 11 is 0. The van der Waals surface area contributed by atoms with Crippen molar-refractivity contribution < 1.29 is 4.42 Å². The van der Waals surface area contributed by atoms with Crippen LogP contribution in [0.4, 0.5) is 0 Å². The highest BCUT2D eigenvalue weighted by atomic mass is 16.3. The molecule has 1 aliphatic rings. The number of benzene rings is 8. The lowest BCUT2D eigenvalue weighted by Gasteiger charge is -2.12. The first-order valence-electron chi connectivity index (χ1n) is 16.9. The molecule has 0 saturated carbocycles. The molecule has 0 N–H and O–H groups in total. The molecule has 0 aliphatic heterocycles. The number of para-hydroxylation sites is 3. The highest BCUT2D eigenvalue weighted by Gasteiger charge is 2.26. The van der Waals surface area contributed by atoms with E-state index in [1.165, 1.54) is 76.6 Å². The normalized spacial score (nSPS) is 12.5. The topological polar surface area (TPSA) is 23.0 Å². The van der Waals surface area contributed by atoms with E-state index in [0.717, 1.165) is 33.3 Å². The molecule has 3 heteroatoms. The number of nitrogens with zero attached hydrogens (tertiary/aromatic N) is 2. The molecule has 0 bridgehead atoms. The van der Waals surface area contributed by atoms with Gasteiger partial charge in [-0.2, -0.15) is 0 Å². The summed E-state index contributed by atoms with van der Waals surface area (Å²) < 4.78 is 11.5. The Morgan fingerprint density at radius 1 is 0.347 bits per heavy atom. The van der Waals surface area contributed by atoms with Crippen molar-refractivity contribution in [1.82, 2.24) is 9.13 Å². The van der Waals surface area contributed by atoms with E-state index in [9.17, 15) is 0 Å². The molecule has 0 saturated heterocycles. The minimum atomic E-state index is 0.899. The SMILES string of the molecule is c1ccc(-n2c3ccccc3c3ccc4c(c5ccc6oc7ccccc7c6c5n4-c4ccc5c(c4)-c4cccc6cccc-5c46)c32)cc1. The molecule has 226 valence electrons. The molecular weight excluding hydrogens is 597 g/mol. The van der Waals surface area contributed by atoms with E-state index < -0.39 is 0 Å². The summed E-state index contributed by atoms with van der Waals surface area (Å²) in [7, 11) is 0. The van der Waals surface area contributed by atoms with Crippen molar-refractivity contribution in [2.75, 3.05) is 0 Å². The highest BCUT2D eigenvalue weighted by molar-refractivity contribution is 6.31. The summed E-state index contributed by atoms with van der Waals surface area (Å²) in [4.78, 5) is 0. The molecule has 3 heterocycles. The summed E-state index contributed by atoms with van der Waals surface area (Å²) in [5.74, 6) is 0. The lowest BCUT2D eigenvalue weighted by molar-refractivity contribution is 0.669. The first kappa shape index (κ1) is 25.5. The van der Waals surface area contributed by atoms with Gasteiger partial charge in [0.15, 0.2) is 0 Å². The number of rotatable bonds is 2. The lowest BCUT2D eigenvalue weighted by Crippen LogP contribution is -1.96. The second kappa shape index (κ2) is 9.06. The zero-order chi connectivity index (χ0) is 31.8. The predicted octanol–water partition coefficient (Wildman–Crippen LogP) is 12.6. The van der Waals surface area contributed by atoms with Crippen LogP contribution in [0, 0.1) is 0 Å². The Balaban J connectivity index is 1.30. The molecular formula is C46H26N2O. The monoisotopic (exact) mass is 622 g/mol. The van der Waals surface area contributed by atoms with Gasteiger partial charge in [0.25, 0.3) is 0 Å². The van der Waals surface area contributed by atoms with Crippen LogP contribution in [0.2, 0.25) is 0 Å². The van der Waals surface area contributed by atoms with Crippen LogP contribution in [0.25, 0.3) is 110 Å². The van der Waals surface area contributed by atoms with Gasteiger partial charge in [-0.3, -0.25) is 0 Å². The Hall–Kier alpha value is -6.58. The van der Waals surface area contributed by atoms with Crippen LogP contribution in [-0.2, 0) is 0 Å². The maximum absolute atomic E-state index is 6.51. The Morgan fingerprint density at radius 3 is 1.94 bits per heavy atom. The zero-order valence-electron chi connectivity index (χ0n) is 26.3. The molecule has 0 amide bonds. The van der Waals surface area contributed by atoms with Gasteiger partial charge in [0.05, 0.1) is 27.5 Å².